The van der Waals surface area contributed by atoms with Crippen molar-refractivity contribution >= 4 is 25.7 Å². The molecule has 0 amide bonds. The third-order valence-corrected chi connectivity index (χ3v) is 7.82. The molecule has 1 aromatic rings. The summed E-state index contributed by atoms with van der Waals surface area (Å²) in [5, 5.41) is 0. The lowest BCUT2D eigenvalue weighted by atomic mass is 10.3. The van der Waals surface area contributed by atoms with Gasteiger partial charge < -0.3 is 9.47 Å². The molecular weight excluding hydrogens is 368 g/mol. The van der Waals surface area contributed by atoms with Crippen molar-refractivity contribution in [3.63, 3.8) is 0 Å². The standard InChI is InChI=1S/C15H24N2O6S2/c1-16(12-15(22-2)23-3)25(20,21)14-8-6-13(7-9-14)17-10-4-5-11-24(17,18)19/h6-9,15H,4-5,10-12H2,1-3H3. The Morgan fingerprint density at radius 3 is 2.28 bits per heavy atom. The predicted molar refractivity (Wildman–Crippen MR) is 94.4 cm³/mol. The lowest BCUT2D eigenvalue weighted by Crippen LogP contribution is -2.38. The molecule has 1 aliphatic rings. The van der Waals surface area contributed by atoms with Crippen molar-refractivity contribution in [1.82, 2.24) is 4.31 Å². The molecule has 0 spiro atoms. The maximum absolute atomic E-state index is 12.6. The van der Waals surface area contributed by atoms with Gasteiger partial charge in [-0.05, 0) is 37.1 Å². The molecule has 10 heteroatoms. The highest BCUT2D eigenvalue weighted by atomic mass is 32.2. The highest BCUT2D eigenvalue weighted by Crippen LogP contribution is 2.25. The summed E-state index contributed by atoms with van der Waals surface area (Å²) in [6.45, 7) is 0.454. The van der Waals surface area contributed by atoms with E-state index in [0.29, 0.717) is 18.7 Å². The highest BCUT2D eigenvalue weighted by Gasteiger charge is 2.27. The molecule has 0 aliphatic carbocycles. The normalized spacial score (nSPS) is 18.0. The predicted octanol–water partition coefficient (Wildman–Crippen LogP) is 0.856. The van der Waals surface area contributed by atoms with Crippen molar-refractivity contribution in [2.75, 3.05) is 44.4 Å². The Balaban J connectivity index is 2.21. The quantitative estimate of drug-likeness (QED) is 0.639. The number of anilines is 1. The molecule has 1 aromatic carbocycles. The van der Waals surface area contributed by atoms with Crippen molar-refractivity contribution in [1.29, 1.82) is 0 Å². The van der Waals surface area contributed by atoms with Crippen LogP contribution in [-0.2, 0) is 29.5 Å². The Hall–Kier alpha value is -1.20. The molecule has 0 unspecified atom stereocenters. The van der Waals surface area contributed by atoms with Crippen LogP contribution in [0.2, 0.25) is 0 Å². The monoisotopic (exact) mass is 392 g/mol. The van der Waals surface area contributed by atoms with Gasteiger partial charge in [-0.2, -0.15) is 4.31 Å². The lowest BCUT2D eigenvalue weighted by molar-refractivity contribution is -0.106. The fourth-order valence-corrected chi connectivity index (χ4v) is 5.39. The number of likely N-dealkylation sites (N-methyl/N-ethyl adjacent to an activating group) is 1. The minimum Gasteiger partial charge on any atom is -0.355 e. The fraction of sp³-hybridized carbons (Fsp3) is 0.600. The van der Waals surface area contributed by atoms with Crippen LogP contribution in [-0.4, -0.2) is 67.5 Å². The van der Waals surface area contributed by atoms with Crippen LogP contribution < -0.4 is 4.31 Å². The number of nitrogens with zero attached hydrogens (tertiary/aromatic N) is 2. The molecule has 0 radical (unpaired) electrons. The number of hydrogen-bond donors (Lipinski definition) is 0. The summed E-state index contributed by atoms with van der Waals surface area (Å²) in [5.74, 6) is 0.116. The van der Waals surface area contributed by atoms with Crippen LogP contribution in [0.15, 0.2) is 29.2 Å². The topological polar surface area (TPSA) is 93.2 Å². The van der Waals surface area contributed by atoms with E-state index in [2.05, 4.69) is 0 Å². The molecule has 142 valence electrons. The lowest BCUT2D eigenvalue weighted by Gasteiger charge is -2.28. The summed E-state index contributed by atoms with van der Waals surface area (Å²) in [6.07, 6.45) is 0.769. The van der Waals surface area contributed by atoms with Gasteiger partial charge in [0.05, 0.1) is 22.9 Å². The Morgan fingerprint density at radius 1 is 1.16 bits per heavy atom. The van der Waals surface area contributed by atoms with Crippen LogP contribution in [0.3, 0.4) is 0 Å². The first-order chi connectivity index (χ1) is 11.7. The highest BCUT2D eigenvalue weighted by molar-refractivity contribution is 7.92. The molecule has 1 fully saturated rings. The van der Waals surface area contributed by atoms with Crippen LogP contribution in [0.5, 0.6) is 0 Å². The van der Waals surface area contributed by atoms with Gasteiger partial charge in [-0.1, -0.05) is 0 Å². The first-order valence-corrected chi connectivity index (χ1v) is 10.9. The summed E-state index contributed by atoms with van der Waals surface area (Å²) < 4.78 is 62.0. The molecule has 0 saturated carbocycles. The second kappa shape index (κ2) is 8.00. The van der Waals surface area contributed by atoms with Crippen molar-refractivity contribution in [3.05, 3.63) is 24.3 Å². The number of sulfonamides is 2. The number of methoxy groups -OCH3 is 2. The minimum absolute atomic E-state index is 0.0393. The summed E-state index contributed by atoms with van der Waals surface area (Å²) in [6, 6.07) is 5.88. The van der Waals surface area contributed by atoms with E-state index in [-0.39, 0.29) is 17.2 Å². The van der Waals surface area contributed by atoms with Crippen LogP contribution in [0.1, 0.15) is 12.8 Å². The van der Waals surface area contributed by atoms with Gasteiger partial charge in [0.1, 0.15) is 0 Å². The van der Waals surface area contributed by atoms with E-state index in [9.17, 15) is 16.8 Å². The molecule has 1 heterocycles. The van der Waals surface area contributed by atoms with Gasteiger partial charge in [0, 0.05) is 27.8 Å². The van der Waals surface area contributed by atoms with Crippen molar-refractivity contribution < 1.29 is 26.3 Å². The molecule has 0 atom stereocenters. The van der Waals surface area contributed by atoms with E-state index in [1.54, 1.807) is 0 Å². The molecule has 8 nitrogen and oxygen atoms in total. The van der Waals surface area contributed by atoms with E-state index < -0.39 is 26.3 Å². The van der Waals surface area contributed by atoms with Gasteiger partial charge in [-0.3, -0.25) is 4.31 Å². The molecule has 0 aromatic heterocycles. The van der Waals surface area contributed by atoms with Crippen LogP contribution in [0.4, 0.5) is 5.69 Å². The third kappa shape index (κ3) is 4.50. The molecule has 1 aliphatic heterocycles. The number of ether oxygens (including phenoxy) is 2. The molecular formula is C15H24N2O6S2. The molecule has 25 heavy (non-hydrogen) atoms. The zero-order valence-electron chi connectivity index (χ0n) is 14.6. The van der Waals surface area contributed by atoms with Crippen molar-refractivity contribution in [2.45, 2.75) is 24.0 Å². The Kier molecular flexibility index (Phi) is 6.44. The minimum atomic E-state index is -3.73. The van der Waals surface area contributed by atoms with Gasteiger partial charge in [0.25, 0.3) is 0 Å². The summed E-state index contributed by atoms with van der Waals surface area (Å²) >= 11 is 0. The van der Waals surface area contributed by atoms with Crippen LogP contribution >= 0.6 is 0 Å². The zero-order chi connectivity index (χ0) is 18.7. The summed E-state index contributed by atoms with van der Waals surface area (Å²) in [4.78, 5) is 0.0825. The van der Waals surface area contributed by atoms with Gasteiger partial charge >= 0.3 is 0 Å². The Labute approximate surface area is 149 Å². The average molecular weight is 392 g/mol. The zero-order valence-corrected chi connectivity index (χ0v) is 16.2. The number of hydrogen-bond acceptors (Lipinski definition) is 6. The van der Waals surface area contributed by atoms with Crippen LogP contribution in [0, 0.1) is 0 Å². The molecule has 0 N–H and O–H groups in total. The number of rotatable bonds is 7. The van der Waals surface area contributed by atoms with Gasteiger partial charge in [-0.15, -0.1) is 0 Å². The second-order valence-electron chi connectivity index (χ2n) is 5.78. The smallest absolute Gasteiger partial charge is 0.242 e. The van der Waals surface area contributed by atoms with Gasteiger partial charge in [-0.25, -0.2) is 16.8 Å². The second-order valence-corrected chi connectivity index (χ2v) is 9.83. The third-order valence-electron chi connectivity index (χ3n) is 4.11. The van der Waals surface area contributed by atoms with E-state index >= 15 is 0 Å². The average Bonchev–Trinajstić information content (AvgIpc) is 2.59. The number of benzene rings is 1. The van der Waals surface area contributed by atoms with E-state index in [4.69, 9.17) is 9.47 Å². The molecule has 0 bridgehead atoms. The first-order valence-electron chi connectivity index (χ1n) is 7.85. The SMILES string of the molecule is COC(CN(C)S(=O)(=O)c1ccc(N2CCCCS2(=O)=O)cc1)OC. The van der Waals surface area contributed by atoms with E-state index in [1.165, 1.54) is 49.8 Å². The maximum atomic E-state index is 12.6. The fourth-order valence-electron chi connectivity index (χ4n) is 2.60. The van der Waals surface area contributed by atoms with Crippen molar-refractivity contribution in [2.24, 2.45) is 0 Å². The molecule has 1 saturated heterocycles. The summed E-state index contributed by atoms with van der Waals surface area (Å²) in [5.41, 5.74) is 0.480. The maximum Gasteiger partial charge on any atom is 0.242 e. The largest absolute Gasteiger partial charge is 0.355 e. The van der Waals surface area contributed by atoms with E-state index in [1.807, 2.05) is 0 Å². The van der Waals surface area contributed by atoms with Crippen LogP contribution in [0.25, 0.3) is 0 Å². The van der Waals surface area contributed by atoms with E-state index in [0.717, 1.165) is 10.7 Å². The van der Waals surface area contributed by atoms with Crippen molar-refractivity contribution in [3.8, 4) is 0 Å². The Bertz CT molecular complexity index is 773. The molecule has 2 rings (SSSR count). The van der Waals surface area contributed by atoms with Gasteiger partial charge in [0.15, 0.2) is 6.29 Å². The summed E-state index contributed by atoms with van der Waals surface area (Å²) in [7, 11) is -2.75. The first kappa shape index (κ1) is 20.1. The van der Waals surface area contributed by atoms with Gasteiger partial charge in [0.2, 0.25) is 20.0 Å². The Morgan fingerprint density at radius 2 is 1.76 bits per heavy atom.